The molecule has 1 heterocycles. The first-order valence-electron chi connectivity index (χ1n) is 11.9. The van der Waals surface area contributed by atoms with E-state index in [2.05, 4.69) is 10.2 Å². The second-order valence-corrected chi connectivity index (χ2v) is 8.54. The number of benzene rings is 3. The van der Waals surface area contributed by atoms with Crippen molar-refractivity contribution in [3.63, 3.8) is 0 Å². The second kappa shape index (κ2) is 12.2. The fraction of sp³-hybridized carbons (Fsp3) is 0.321. The molecule has 1 aliphatic rings. The minimum atomic E-state index is -0.0920. The van der Waals surface area contributed by atoms with E-state index < -0.39 is 0 Å². The van der Waals surface area contributed by atoms with Crippen LogP contribution in [0.1, 0.15) is 17.5 Å². The van der Waals surface area contributed by atoms with E-state index in [1.165, 1.54) is 0 Å². The molecule has 2 amide bonds. The number of hydrogen-bond acceptors (Lipinski definition) is 4. The summed E-state index contributed by atoms with van der Waals surface area (Å²) >= 11 is 0. The monoisotopic (exact) mass is 459 g/mol. The van der Waals surface area contributed by atoms with Crippen molar-refractivity contribution >= 4 is 11.7 Å². The molecule has 1 saturated heterocycles. The van der Waals surface area contributed by atoms with Crippen LogP contribution in [0, 0.1) is 6.92 Å². The molecule has 6 nitrogen and oxygen atoms in total. The highest BCUT2D eigenvalue weighted by Gasteiger charge is 2.17. The number of morpholine rings is 1. The minimum Gasteiger partial charge on any atom is -0.457 e. The summed E-state index contributed by atoms with van der Waals surface area (Å²) in [6.45, 7) is 7.60. The maximum Gasteiger partial charge on any atom is 0.322 e. The van der Waals surface area contributed by atoms with Gasteiger partial charge < -0.3 is 19.7 Å². The van der Waals surface area contributed by atoms with Crippen LogP contribution in [0.15, 0.2) is 78.9 Å². The molecule has 1 fully saturated rings. The lowest BCUT2D eigenvalue weighted by Crippen LogP contribution is -2.40. The standard InChI is InChI=1S/C28H33N3O3/c1-23-9-5-6-14-27(23)29-28(32)31(16-8-15-30-17-19-33-20-18-30)22-24-10-7-13-26(21-24)34-25-11-3-2-4-12-25/h2-7,9-14,21H,8,15-20,22H2,1H3,(H,29,32). The van der Waals surface area contributed by atoms with Crippen LogP contribution < -0.4 is 10.1 Å². The number of nitrogens with one attached hydrogen (secondary N) is 1. The fourth-order valence-corrected chi connectivity index (χ4v) is 4.02. The van der Waals surface area contributed by atoms with E-state index >= 15 is 0 Å². The van der Waals surface area contributed by atoms with E-state index in [-0.39, 0.29) is 6.03 Å². The molecule has 178 valence electrons. The van der Waals surface area contributed by atoms with E-state index in [1.54, 1.807) is 0 Å². The van der Waals surface area contributed by atoms with Crippen molar-refractivity contribution in [3.05, 3.63) is 90.0 Å². The Morgan fingerprint density at radius 3 is 2.50 bits per heavy atom. The van der Waals surface area contributed by atoms with Crippen molar-refractivity contribution in [2.75, 3.05) is 44.7 Å². The Labute approximate surface area is 202 Å². The van der Waals surface area contributed by atoms with Gasteiger partial charge in [0.1, 0.15) is 11.5 Å². The van der Waals surface area contributed by atoms with E-state index in [4.69, 9.17) is 9.47 Å². The number of amides is 2. The van der Waals surface area contributed by atoms with Gasteiger partial charge in [-0.1, -0.05) is 48.5 Å². The van der Waals surface area contributed by atoms with Gasteiger partial charge in [-0.05, 0) is 54.8 Å². The highest BCUT2D eigenvalue weighted by Crippen LogP contribution is 2.23. The molecule has 0 spiro atoms. The summed E-state index contributed by atoms with van der Waals surface area (Å²) in [7, 11) is 0. The molecule has 0 radical (unpaired) electrons. The Morgan fingerprint density at radius 1 is 0.971 bits per heavy atom. The van der Waals surface area contributed by atoms with Gasteiger partial charge in [0, 0.05) is 38.4 Å². The van der Waals surface area contributed by atoms with Crippen LogP contribution in [0.25, 0.3) is 0 Å². The molecule has 0 atom stereocenters. The molecule has 3 aromatic rings. The summed E-state index contributed by atoms with van der Waals surface area (Å²) in [5, 5.41) is 3.10. The Bertz CT molecular complexity index is 1050. The number of anilines is 1. The van der Waals surface area contributed by atoms with Crippen LogP contribution in [0.4, 0.5) is 10.5 Å². The maximum absolute atomic E-state index is 13.3. The zero-order chi connectivity index (χ0) is 23.6. The smallest absolute Gasteiger partial charge is 0.322 e. The van der Waals surface area contributed by atoms with Crippen molar-refractivity contribution < 1.29 is 14.3 Å². The lowest BCUT2D eigenvalue weighted by atomic mass is 10.2. The zero-order valence-electron chi connectivity index (χ0n) is 19.8. The zero-order valence-corrected chi connectivity index (χ0v) is 19.8. The van der Waals surface area contributed by atoms with Gasteiger partial charge >= 0.3 is 6.03 Å². The lowest BCUT2D eigenvalue weighted by molar-refractivity contribution is 0.0365. The quantitative estimate of drug-likeness (QED) is 0.456. The van der Waals surface area contributed by atoms with Crippen LogP contribution in [0.2, 0.25) is 0 Å². The van der Waals surface area contributed by atoms with Crippen molar-refractivity contribution in [1.82, 2.24) is 9.80 Å². The highest BCUT2D eigenvalue weighted by atomic mass is 16.5. The van der Waals surface area contributed by atoms with Crippen molar-refractivity contribution in [1.29, 1.82) is 0 Å². The summed E-state index contributed by atoms with van der Waals surface area (Å²) in [6, 6.07) is 25.4. The number of aryl methyl sites for hydroxylation is 1. The minimum absolute atomic E-state index is 0.0920. The van der Waals surface area contributed by atoms with Crippen molar-refractivity contribution in [2.45, 2.75) is 19.9 Å². The van der Waals surface area contributed by atoms with Crippen molar-refractivity contribution in [2.24, 2.45) is 0 Å². The lowest BCUT2D eigenvalue weighted by Gasteiger charge is -2.28. The average Bonchev–Trinajstić information content (AvgIpc) is 2.86. The predicted octanol–water partition coefficient (Wildman–Crippen LogP) is 5.54. The largest absolute Gasteiger partial charge is 0.457 e. The van der Waals surface area contributed by atoms with E-state index in [1.807, 2.05) is 90.7 Å². The third-order valence-corrected chi connectivity index (χ3v) is 5.93. The SMILES string of the molecule is Cc1ccccc1NC(=O)N(CCCN1CCOCC1)Cc1cccc(Oc2ccccc2)c1. The highest BCUT2D eigenvalue weighted by molar-refractivity contribution is 5.90. The number of nitrogens with zero attached hydrogens (tertiary/aromatic N) is 2. The Balaban J connectivity index is 1.43. The number of para-hydroxylation sites is 2. The van der Waals surface area contributed by atoms with Crippen LogP contribution in [-0.2, 0) is 11.3 Å². The van der Waals surface area contributed by atoms with Crippen molar-refractivity contribution in [3.8, 4) is 11.5 Å². The predicted molar refractivity (Wildman–Crippen MR) is 135 cm³/mol. The summed E-state index contributed by atoms with van der Waals surface area (Å²) in [6.07, 6.45) is 0.904. The molecular formula is C28H33N3O3. The third kappa shape index (κ3) is 7.07. The first-order valence-corrected chi connectivity index (χ1v) is 11.9. The molecule has 1 N–H and O–H groups in total. The van der Waals surface area contributed by atoms with E-state index in [9.17, 15) is 4.79 Å². The average molecular weight is 460 g/mol. The van der Waals surface area contributed by atoms with Gasteiger partial charge in [-0.25, -0.2) is 4.79 Å². The van der Waals surface area contributed by atoms with Crippen LogP contribution in [0.3, 0.4) is 0 Å². The van der Waals surface area contributed by atoms with Gasteiger partial charge in [-0.2, -0.15) is 0 Å². The topological polar surface area (TPSA) is 54.0 Å². The number of rotatable bonds is 9. The molecular weight excluding hydrogens is 426 g/mol. The fourth-order valence-electron chi connectivity index (χ4n) is 4.02. The maximum atomic E-state index is 13.3. The van der Waals surface area contributed by atoms with E-state index in [0.29, 0.717) is 13.1 Å². The van der Waals surface area contributed by atoms with Gasteiger partial charge in [0.05, 0.1) is 13.2 Å². The van der Waals surface area contributed by atoms with Gasteiger partial charge in [0.15, 0.2) is 0 Å². The van der Waals surface area contributed by atoms with Crippen LogP contribution >= 0.6 is 0 Å². The molecule has 0 saturated carbocycles. The summed E-state index contributed by atoms with van der Waals surface area (Å²) < 4.78 is 11.4. The molecule has 6 heteroatoms. The third-order valence-electron chi connectivity index (χ3n) is 5.93. The van der Waals surface area contributed by atoms with Gasteiger partial charge in [0.25, 0.3) is 0 Å². The molecule has 0 bridgehead atoms. The molecule has 3 aromatic carbocycles. The molecule has 0 aromatic heterocycles. The Morgan fingerprint density at radius 2 is 1.71 bits per heavy atom. The van der Waals surface area contributed by atoms with Gasteiger partial charge in [-0.15, -0.1) is 0 Å². The number of urea groups is 1. The normalized spacial score (nSPS) is 13.9. The summed E-state index contributed by atoms with van der Waals surface area (Å²) in [4.78, 5) is 17.6. The van der Waals surface area contributed by atoms with E-state index in [0.717, 1.165) is 67.6 Å². The first kappa shape index (κ1) is 23.8. The Hall–Kier alpha value is -3.35. The number of carbonyl (C=O) groups excluding carboxylic acids is 1. The summed E-state index contributed by atoms with van der Waals surface area (Å²) in [5.41, 5.74) is 2.91. The number of ether oxygens (including phenoxy) is 2. The molecule has 0 aliphatic carbocycles. The summed E-state index contributed by atoms with van der Waals surface area (Å²) in [5.74, 6) is 1.55. The molecule has 34 heavy (non-hydrogen) atoms. The van der Waals surface area contributed by atoms with Crippen LogP contribution in [-0.4, -0.2) is 55.2 Å². The first-order chi connectivity index (χ1) is 16.7. The Kier molecular flexibility index (Phi) is 8.54. The van der Waals surface area contributed by atoms with Gasteiger partial charge in [0.2, 0.25) is 0 Å². The number of hydrogen-bond donors (Lipinski definition) is 1. The number of carbonyl (C=O) groups is 1. The second-order valence-electron chi connectivity index (χ2n) is 8.54. The van der Waals surface area contributed by atoms with Crippen LogP contribution in [0.5, 0.6) is 11.5 Å². The molecule has 1 aliphatic heterocycles. The molecule has 4 rings (SSSR count). The molecule has 0 unspecified atom stereocenters. The van der Waals surface area contributed by atoms with Gasteiger partial charge in [-0.3, -0.25) is 4.90 Å².